The molecule has 2 aromatic carbocycles. The second-order valence-electron chi connectivity index (χ2n) is 7.86. The van der Waals surface area contributed by atoms with Crippen LogP contribution in [-0.2, 0) is 0 Å². The van der Waals surface area contributed by atoms with Gasteiger partial charge < -0.3 is 15.7 Å². The van der Waals surface area contributed by atoms with E-state index in [4.69, 9.17) is 0 Å². The summed E-state index contributed by atoms with van der Waals surface area (Å²) >= 11 is 0. The van der Waals surface area contributed by atoms with Crippen LogP contribution in [0, 0.1) is 5.41 Å². The second-order valence-corrected chi connectivity index (χ2v) is 7.86. The average Bonchev–Trinajstić information content (AvgIpc) is 2.65. The molecule has 2 aromatic rings. The van der Waals surface area contributed by atoms with Gasteiger partial charge in [0.05, 0.1) is 11.8 Å². The number of aliphatic hydroxyl groups is 1. The quantitative estimate of drug-likeness (QED) is 0.613. The topological polar surface area (TPSA) is 44.3 Å². The van der Waals surface area contributed by atoms with Crippen LogP contribution in [0.25, 0.3) is 16.3 Å². The highest BCUT2D eigenvalue weighted by Crippen LogP contribution is 2.27. The predicted molar refractivity (Wildman–Crippen MR) is 115 cm³/mol. The number of allylic oxidation sites excluding steroid dienone is 2. The van der Waals surface area contributed by atoms with E-state index in [-0.39, 0.29) is 11.8 Å². The lowest BCUT2D eigenvalue weighted by atomic mass is 9.90. The van der Waals surface area contributed by atoms with Crippen molar-refractivity contribution in [2.24, 2.45) is 5.41 Å². The second kappa shape index (κ2) is 7.36. The molecule has 3 N–H and O–H groups in total. The van der Waals surface area contributed by atoms with Gasteiger partial charge in [-0.2, -0.15) is 0 Å². The average molecular weight is 361 g/mol. The summed E-state index contributed by atoms with van der Waals surface area (Å²) in [6.07, 6.45) is 4.25. The lowest BCUT2D eigenvalue weighted by molar-refractivity contribution is 0.256. The molecule has 140 valence electrons. The van der Waals surface area contributed by atoms with Crippen LogP contribution in [0.5, 0.6) is 0 Å². The molecule has 3 rings (SSSR count). The number of fused-ring (bicyclic) bond motifs is 1. The summed E-state index contributed by atoms with van der Waals surface area (Å²) < 4.78 is 0. The standard InChI is InChI=1S/C24H28N2O/c1-16-12-22(21-11-10-19-8-6-7-9-20(19)13-21)14-25-23(16)17(2)26-15-24(4,5)18(3)27/h6-14,23,25-27H,2-3,15H2,1,4-5H3. The third-order valence-electron chi connectivity index (χ3n) is 5.21. The Kier molecular flexibility index (Phi) is 5.13. The van der Waals surface area contributed by atoms with E-state index >= 15 is 0 Å². The fourth-order valence-corrected chi connectivity index (χ4v) is 3.12. The number of aliphatic hydroxyl groups excluding tert-OH is 1. The maximum atomic E-state index is 9.69. The molecule has 0 spiro atoms. The van der Waals surface area contributed by atoms with Gasteiger partial charge in [0.15, 0.2) is 0 Å². The van der Waals surface area contributed by atoms with Crippen LogP contribution < -0.4 is 10.6 Å². The van der Waals surface area contributed by atoms with Gasteiger partial charge >= 0.3 is 0 Å². The lowest BCUT2D eigenvalue weighted by Gasteiger charge is -2.30. The van der Waals surface area contributed by atoms with E-state index in [1.165, 1.54) is 21.9 Å². The normalized spacial score (nSPS) is 16.9. The molecule has 0 aromatic heterocycles. The molecule has 1 aliphatic heterocycles. The zero-order chi connectivity index (χ0) is 19.6. The lowest BCUT2D eigenvalue weighted by Crippen LogP contribution is -2.39. The third-order valence-corrected chi connectivity index (χ3v) is 5.21. The molecule has 0 amide bonds. The zero-order valence-corrected chi connectivity index (χ0v) is 16.3. The Hall–Kier alpha value is -2.94. The number of hydrogen-bond donors (Lipinski definition) is 3. The van der Waals surface area contributed by atoms with Crippen LogP contribution in [0.1, 0.15) is 26.3 Å². The summed E-state index contributed by atoms with van der Waals surface area (Å²) in [7, 11) is 0. The summed E-state index contributed by atoms with van der Waals surface area (Å²) in [5.41, 5.74) is 4.02. The molecule has 1 aliphatic rings. The maximum absolute atomic E-state index is 9.69. The maximum Gasteiger partial charge on any atom is 0.0924 e. The Balaban J connectivity index is 1.72. The number of hydrogen-bond acceptors (Lipinski definition) is 3. The number of dihydropyridines is 1. The summed E-state index contributed by atoms with van der Waals surface area (Å²) in [6.45, 7) is 14.4. The minimum absolute atomic E-state index is 0.0250. The van der Waals surface area contributed by atoms with Crippen LogP contribution in [0.2, 0.25) is 0 Å². The molecule has 0 saturated heterocycles. The van der Waals surface area contributed by atoms with Crippen molar-refractivity contribution in [2.75, 3.05) is 6.54 Å². The van der Waals surface area contributed by atoms with E-state index in [0.717, 1.165) is 11.3 Å². The molecule has 1 atom stereocenters. The third kappa shape index (κ3) is 4.08. The molecule has 0 aliphatic carbocycles. The van der Waals surface area contributed by atoms with E-state index in [2.05, 4.69) is 79.3 Å². The van der Waals surface area contributed by atoms with Gasteiger partial charge in [0.2, 0.25) is 0 Å². The minimum atomic E-state index is -0.401. The molecule has 0 radical (unpaired) electrons. The molecule has 0 saturated carbocycles. The molecule has 3 heteroatoms. The highest BCUT2D eigenvalue weighted by molar-refractivity contribution is 5.88. The van der Waals surface area contributed by atoms with Crippen molar-refractivity contribution in [3.63, 3.8) is 0 Å². The summed E-state index contributed by atoms with van der Waals surface area (Å²) in [4.78, 5) is 0. The monoisotopic (exact) mass is 360 g/mol. The fraction of sp³-hybridized carbons (Fsp3) is 0.250. The highest BCUT2D eigenvalue weighted by atomic mass is 16.3. The fourth-order valence-electron chi connectivity index (χ4n) is 3.12. The van der Waals surface area contributed by atoms with E-state index in [0.29, 0.717) is 6.54 Å². The Morgan fingerprint density at radius 1 is 1.15 bits per heavy atom. The molecule has 1 unspecified atom stereocenters. The molecule has 27 heavy (non-hydrogen) atoms. The van der Waals surface area contributed by atoms with Crippen molar-refractivity contribution < 1.29 is 5.11 Å². The van der Waals surface area contributed by atoms with Crippen molar-refractivity contribution >= 4 is 16.3 Å². The van der Waals surface area contributed by atoms with Crippen LogP contribution in [-0.4, -0.2) is 17.7 Å². The molecule has 0 bridgehead atoms. The summed E-state index contributed by atoms with van der Waals surface area (Å²) in [6, 6.07) is 14.9. The molecular formula is C24H28N2O. The number of benzene rings is 2. The molecule has 3 nitrogen and oxygen atoms in total. The van der Waals surface area contributed by atoms with Gasteiger partial charge in [-0.25, -0.2) is 0 Å². The van der Waals surface area contributed by atoms with Crippen molar-refractivity contribution in [1.82, 2.24) is 10.6 Å². The van der Waals surface area contributed by atoms with E-state index in [1.807, 2.05) is 20.0 Å². The van der Waals surface area contributed by atoms with Crippen molar-refractivity contribution in [2.45, 2.75) is 26.8 Å². The Bertz CT molecular complexity index is 950. The van der Waals surface area contributed by atoms with Crippen LogP contribution in [0.4, 0.5) is 0 Å². The zero-order valence-electron chi connectivity index (χ0n) is 16.3. The molecule has 1 heterocycles. The predicted octanol–water partition coefficient (Wildman–Crippen LogP) is 5.30. The van der Waals surface area contributed by atoms with Crippen LogP contribution in [0.15, 0.2) is 84.9 Å². The highest BCUT2D eigenvalue weighted by Gasteiger charge is 2.24. The minimum Gasteiger partial charge on any atom is -0.512 e. The Morgan fingerprint density at radius 3 is 2.52 bits per heavy atom. The van der Waals surface area contributed by atoms with Gasteiger partial charge in [-0.15, -0.1) is 0 Å². The van der Waals surface area contributed by atoms with Crippen molar-refractivity contribution in [3.05, 3.63) is 90.5 Å². The molecular weight excluding hydrogens is 332 g/mol. The number of rotatable bonds is 6. The SMILES string of the molecule is C=C(NCC(C)(C)C(=C)O)C1NC=C(c2ccc3ccccc3c2)C=C1C. The number of nitrogens with one attached hydrogen (secondary N) is 2. The van der Waals surface area contributed by atoms with Crippen molar-refractivity contribution in [3.8, 4) is 0 Å². The largest absolute Gasteiger partial charge is 0.512 e. The van der Waals surface area contributed by atoms with Crippen LogP contribution in [0.3, 0.4) is 0 Å². The van der Waals surface area contributed by atoms with E-state index < -0.39 is 5.41 Å². The molecule has 0 fully saturated rings. The Labute approximate surface area is 161 Å². The van der Waals surface area contributed by atoms with Gasteiger partial charge in [-0.1, -0.05) is 69.5 Å². The van der Waals surface area contributed by atoms with E-state index in [1.54, 1.807) is 0 Å². The first-order valence-corrected chi connectivity index (χ1v) is 9.22. The Morgan fingerprint density at radius 2 is 1.85 bits per heavy atom. The smallest absolute Gasteiger partial charge is 0.0924 e. The van der Waals surface area contributed by atoms with Gasteiger partial charge in [0.25, 0.3) is 0 Å². The van der Waals surface area contributed by atoms with Gasteiger partial charge in [-0.3, -0.25) is 0 Å². The summed E-state index contributed by atoms with van der Waals surface area (Å²) in [5, 5.41) is 19.0. The van der Waals surface area contributed by atoms with Gasteiger partial charge in [0, 0.05) is 23.9 Å². The van der Waals surface area contributed by atoms with Gasteiger partial charge in [0.1, 0.15) is 0 Å². The first kappa shape index (κ1) is 18.8. The first-order chi connectivity index (χ1) is 12.8. The van der Waals surface area contributed by atoms with Crippen molar-refractivity contribution in [1.29, 1.82) is 0 Å². The first-order valence-electron chi connectivity index (χ1n) is 9.22. The van der Waals surface area contributed by atoms with E-state index in [9.17, 15) is 5.11 Å². The summed E-state index contributed by atoms with van der Waals surface area (Å²) in [5.74, 6) is 0.171. The van der Waals surface area contributed by atoms with Gasteiger partial charge in [-0.05, 0) is 40.5 Å². The van der Waals surface area contributed by atoms with Crippen LogP contribution >= 0.6 is 0 Å².